The van der Waals surface area contributed by atoms with Crippen LogP contribution in [0.15, 0.2) is 52.6 Å². The molecular weight excluding hydrogens is 635 g/mol. The number of hydrogen-bond acceptors (Lipinski definition) is 8. The Bertz CT molecular complexity index is 1500. The van der Waals surface area contributed by atoms with Crippen LogP contribution in [0.2, 0.25) is 10.0 Å². The summed E-state index contributed by atoms with van der Waals surface area (Å²) >= 11 is 12.8. The summed E-state index contributed by atoms with van der Waals surface area (Å²) in [7, 11) is 0. The van der Waals surface area contributed by atoms with Crippen molar-refractivity contribution in [1.82, 2.24) is 31.6 Å². The molecule has 0 aromatic heterocycles. The van der Waals surface area contributed by atoms with Gasteiger partial charge in [-0.2, -0.15) is 0 Å². The fourth-order valence-electron chi connectivity index (χ4n) is 6.35. The van der Waals surface area contributed by atoms with Crippen LogP contribution in [0.4, 0.5) is 0 Å². The maximum absolute atomic E-state index is 14.7. The minimum Gasteiger partial charge on any atom is -0.345 e. The van der Waals surface area contributed by atoms with Gasteiger partial charge < -0.3 is 15.1 Å². The fourth-order valence-corrected chi connectivity index (χ4v) is 6.87. The molecule has 2 amide bonds. The van der Waals surface area contributed by atoms with Gasteiger partial charge in [-0.1, -0.05) is 76.9 Å². The zero-order valence-corrected chi connectivity index (χ0v) is 29.9. The van der Waals surface area contributed by atoms with Gasteiger partial charge in [-0.25, -0.2) is 5.53 Å². The van der Waals surface area contributed by atoms with E-state index >= 15 is 0 Å². The average molecular weight is 684 g/mol. The van der Waals surface area contributed by atoms with Crippen LogP contribution < -0.4 is 21.8 Å². The third-order valence-electron chi connectivity index (χ3n) is 9.07. The zero-order valence-electron chi connectivity index (χ0n) is 28.3. The average Bonchev–Trinajstić information content (AvgIpc) is 3.61. The lowest BCUT2D eigenvalue weighted by Gasteiger charge is -2.47. The van der Waals surface area contributed by atoms with Crippen LogP contribution >= 0.6 is 23.2 Å². The Hall–Kier alpha value is -3.18. The third kappa shape index (κ3) is 8.84. The number of aliphatic imine (C=N–C) groups is 1. The lowest BCUT2D eigenvalue weighted by atomic mass is 9.84. The number of hydrazone groups is 1. The number of carbonyl (C=O) groups excluding carboxylic acids is 2. The van der Waals surface area contributed by atoms with Crippen LogP contribution in [0.3, 0.4) is 0 Å². The molecule has 10 nitrogen and oxygen atoms in total. The van der Waals surface area contributed by atoms with E-state index in [2.05, 4.69) is 73.4 Å². The van der Waals surface area contributed by atoms with Gasteiger partial charge in [0.1, 0.15) is 11.4 Å². The summed E-state index contributed by atoms with van der Waals surface area (Å²) in [4.78, 5) is 37.5. The molecule has 5 rings (SSSR count). The first kappa shape index (κ1) is 35.1. The van der Waals surface area contributed by atoms with Crippen LogP contribution in [-0.4, -0.2) is 65.0 Å². The molecule has 0 radical (unpaired) electrons. The van der Waals surface area contributed by atoms with E-state index in [-0.39, 0.29) is 35.2 Å². The summed E-state index contributed by atoms with van der Waals surface area (Å²) in [5.74, 6) is 0.259. The van der Waals surface area contributed by atoms with Gasteiger partial charge in [0.15, 0.2) is 5.84 Å². The maximum atomic E-state index is 14.7. The quantitative estimate of drug-likeness (QED) is 0.242. The summed E-state index contributed by atoms with van der Waals surface area (Å²) in [6.07, 6.45) is 4.21. The molecule has 47 heavy (non-hydrogen) atoms. The van der Waals surface area contributed by atoms with E-state index in [1.807, 2.05) is 29.2 Å². The van der Waals surface area contributed by atoms with Crippen molar-refractivity contribution < 1.29 is 9.59 Å². The highest BCUT2D eigenvalue weighted by atomic mass is 35.5. The highest BCUT2D eigenvalue weighted by Crippen LogP contribution is 2.45. The molecule has 1 spiro atoms. The predicted molar refractivity (Wildman–Crippen MR) is 189 cm³/mol. The van der Waals surface area contributed by atoms with Gasteiger partial charge in [-0.05, 0) is 72.5 Å². The fraction of sp³-hybridized carbons (Fsp3) is 0.543. The molecule has 1 saturated heterocycles. The molecule has 0 aliphatic carbocycles. The van der Waals surface area contributed by atoms with Crippen molar-refractivity contribution in [2.75, 3.05) is 26.2 Å². The normalized spacial score (nSPS) is 18.9. The molecule has 1 atom stereocenters. The van der Waals surface area contributed by atoms with Gasteiger partial charge >= 0.3 is 0 Å². The Kier molecular flexibility index (Phi) is 10.6. The van der Waals surface area contributed by atoms with Crippen LogP contribution in [0.1, 0.15) is 101 Å². The number of hydrazine groups is 2. The molecule has 4 N–H and O–H groups in total. The number of likely N-dealkylation sites (tertiary alicyclic amines) is 1. The number of nitrogens with one attached hydrogen (secondary N) is 4. The number of halogens is 2. The van der Waals surface area contributed by atoms with Crippen LogP contribution in [-0.2, 0) is 4.79 Å². The van der Waals surface area contributed by atoms with Crippen molar-refractivity contribution >= 4 is 46.6 Å². The van der Waals surface area contributed by atoms with Gasteiger partial charge in [-0.3, -0.25) is 20.0 Å². The van der Waals surface area contributed by atoms with Gasteiger partial charge in [0.05, 0.1) is 12.6 Å². The van der Waals surface area contributed by atoms with E-state index < -0.39 is 5.66 Å². The molecule has 2 aromatic carbocycles. The Morgan fingerprint density at radius 2 is 1.62 bits per heavy atom. The SMILES string of the molecule is CC(C)(C)CC[C@H](c1ccc(C(=O)NCC2=NNNN2)cc1)N1C(=O)C(c2cc(Cl)cc(Cl)c2)=NC12CCN(CCC(C)(C)C)CC2. The number of amidine groups is 1. The van der Waals surface area contributed by atoms with Crippen molar-refractivity contribution in [1.29, 1.82) is 0 Å². The summed E-state index contributed by atoms with van der Waals surface area (Å²) in [6.45, 7) is 16.4. The molecule has 0 unspecified atom stereocenters. The van der Waals surface area contributed by atoms with E-state index in [1.54, 1.807) is 18.2 Å². The number of rotatable bonds is 10. The van der Waals surface area contributed by atoms with E-state index in [4.69, 9.17) is 28.2 Å². The molecule has 12 heteroatoms. The van der Waals surface area contributed by atoms with Crippen molar-refractivity contribution in [2.24, 2.45) is 20.9 Å². The zero-order chi connectivity index (χ0) is 34.0. The molecule has 2 aromatic rings. The smallest absolute Gasteiger partial charge is 0.275 e. The second kappa shape index (κ2) is 14.1. The lowest BCUT2D eigenvalue weighted by molar-refractivity contribution is -0.133. The van der Waals surface area contributed by atoms with Gasteiger partial charge in [0.2, 0.25) is 0 Å². The largest absolute Gasteiger partial charge is 0.345 e. The predicted octanol–water partition coefficient (Wildman–Crippen LogP) is 6.08. The number of hydrogen-bond donors (Lipinski definition) is 4. The first-order valence-corrected chi connectivity index (χ1v) is 17.2. The Labute approximate surface area is 288 Å². The number of nitrogens with zero attached hydrogens (tertiary/aromatic N) is 4. The Morgan fingerprint density at radius 1 is 0.979 bits per heavy atom. The summed E-state index contributed by atoms with van der Waals surface area (Å²) < 4.78 is 0. The third-order valence-corrected chi connectivity index (χ3v) is 9.50. The molecule has 3 aliphatic rings. The molecule has 3 aliphatic heterocycles. The van der Waals surface area contributed by atoms with E-state index in [0.29, 0.717) is 32.7 Å². The Balaban J connectivity index is 1.47. The van der Waals surface area contributed by atoms with Crippen molar-refractivity contribution in [3.8, 4) is 0 Å². The second-order valence-electron chi connectivity index (χ2n) is 15.3. The Morgan fingerprint density at radius 3 is 2.19 bits per heavy atom. The number of amides is 2. The summed E-state index contributed by atoms with van der Waals surface area (Å²) in [5, 5.41) is 7.81. The number of carbonyl (C=O) groups is 2. The summed E-state index contributed by atoms with van der Waals surface area (Å²) in [5.41, 5.74) is 10.2. The van der Waals surface area contributed by atoms with E-state index in [1.165, 1.54) is 0 Å². The molecule has 3 heterocycles. The van der Waals surface area contributed by atoms with E-state index in [0.717, 1.165) is 57.3 Å². The van der Waals surface area contributed by atoms with Crippen LogP contribution in [0, 0.1) is 10.8 Å². The topological polar surface area (TPSA) is 113 Å². The van der Waals surface area contributed by atoms with Crippen molar-refractivity contribution in [3.05, 3.63) is 69.2 Å². The second-order valence-corrected chi connectivity index (χ2v) is 16.1. The highest BCUT2D eigenvalue weighted by Gasteiger charge is 2.52. The van der Waals surface area contributed by atoms with Crippen LogP contribution in [0.5, 0.6) is 0 Å². The standard InChI is InChI=1S/C35H48Cl2N8O2/c1-33(2,3)12-11-28(23-7-9-24(10-8-23)31(46)38-22-29-40-42-43-41-29)45-32(47)30(25-19-26(36)21-27(37)20-25)39-35(45)14-17-44(18-15-35)16-13-34(4,5)6/h7-10,19-21,28,42-43H,11-18,22H2,1-6H3,(H,38,46)(H,40,41)/t28-/m1/s1. The molecule has 0 saturated carbocycles. The van der Waals surface area contributed by atoms with Gasteiger partial charge in [-0.15, -0.1) is 10.6 Å². The summed E-state index contributed by atoms with van der Waals surface area (Å²) in [6, 6.07) is 12.6. The van der Waals surface area contributed by atoms with Crippen LogP contribution in [0.25, 0.3) is 0 Å². The van der Waals surface area contributed by atoms with E-state index in [9.17, 15) is 9.59 Å². The molecule has 1 fully saturated rings. The lowest BCUT2D eigenvalue weighted by Crippen LogP contribution is -2.55. The van der Waals surface area contributed by atoms with Crippen molar-refractivity contribution in [2.45, 2.75) is 85.4 Å². The maximum Gasteiger partial charge on any atom is 0.275 e. The minimum absolute atomic E-state index is 0.0508. The van der Waals surface area contributed by atoms with Crippen molar-refractivity contribution in [3.63, 3.8) is 0 Å². The molecule has 0 bridgehead atoms. The minimum atomic E-state index is -0.699. The first-order chi connectivity index (χ1) is 22.1. The van der Waals surface area contributed by atoms with Gasteiger partial charge in [0, 0.05) is 47.1 Å². The first-order valence-electron chi connectivity index (χ1n) is 16.5. The molecule has 254 valence electrons. The monoisotopic (exact) mass is 682 g/mol. The molecular formula is C35H48Cl2N8O2. The number of piperidine rings is 1. The highest BCUT2D eigenvalue weighted by molar-refractivity contribution is 6.47. The van der Waals surface area contributed by atoms with Gasteiger partial charge in [0.25, 0.3) is 11.8 Å². The number of benzene rings is 2.